The highest BCUT2D eigenvalue weighted by Crippen LogP contribution is 2.03. The Hall–Kier alpha value is -1.52. The summed E-state index contributed by atoms with van der Waals surface area (Å²) in [6, 6.07) is 7.50. The summed E-state index contributed by atoms with van der Waals surface area (Å²) in [5, 5.41) is 0. The van der Waals surface area contributed by atoms with Gasteiger partial charge >= 0.3 is 0 Å². The number of rotatable bonds is 8. The van der Waals surface area contributed by atoms with Crippen LogP contribution in [0.5, 0.6) is 0 Å². The van der Waals surface area contributed by atoms with E-state index in [1.807, 2.05) is 24.3 Å². The van der Waals surface area contributed by atoms with Gasteiger partial charge in [0.2, 0.25) is 0 Å². The van der Waals surface area contributed by atoms with Crippen molar-refractivity contribution in [1.29, 1.82) is 0 Å². The van der Waals surface area contributed by atoms with Crippen LogP contribution in [0.4, 0.5) is 0 Å². The maximum atomic E-state index is 5.42. The van der Waals surface area contributed by atoms with Crippen molar-refractivity contribution < 1.29 is 18.3 Å². The topological polar surface area (TPSA) is 44.7 Å². The largest absolute Gasteiger partial charge is 0.467 e. The molecular formula is C13H16O4. The third-order valence-corrected chi connectivity index (χ3v) is 2.23. The summed E-state index contributed by atoms with van der Waals surface area (Å²) in [5.74, 6) is 1.70. The fourth-order valence-electron chi connectivity index (χ4n) is 1.40. The molecule has 0 saturated carbocycles. The maximum Gasteiger partial charge on any atom is 0.129 e. The van der Waals surface area contributed by atoms with Crippen molar-refractivity contribution in [1.82, 2.24) is 0 Å². The van der Waals surface area contributed by atoms with E-state index in [-0.39, 0.29) is 0 Å². The van der Waals surface area contributed by atoms with Crippen LogP contribution in [-0.2, 0) is 22.7 Å². The Morgan fingerprint density at radius 3 is 1.76 bits per heavy atom. The minimum absolute atomic E-state index is 0.519. The van der Waals surface area contributed by atoms with Crippen molar-refractivity contribution >= 4 is 0 Å². The molecular weight excluding hydrogens is 220 g/mol. The molecule has 0 amide bonds. The summed E-state index contributed by atoms with van der Waals surface area (Å²) in [5.41, 5.74) is 0. The highest BCUT2D eigenvalue weighted by molar-refractivity contribution is 4.96. The van der Waals surface area contributed by atoms with Crippen LogP contribution in [-0.4, -0.2) is 13.2 Å². The number of ether oxygens (including phenoxy) is 2. The van der Waals surface area contributed by atoms with Crippen LogP contribution < -0.4 is 0 Å². The Balaban J connectivity index is 1.44. The minimum Gasteiger partial charge on any atom is -0.467 e. The molecule has 0 aliphatic heterocycles. The molecule has 2 aromatic heterocycles. The van der Waals surface area contributed by atoms with E-state index in [0.717, 1.165) is 17.9 Å². The lowest BCUT2D eigenvalue weighted by Gasteiger charge is -2.03. The second-order valence-electron chi connectivity index (χ2n) is 3.62. The first-order valence-electron chi connectivity index (χ1n) is 5.65. The van der Waals surface area contributed by atoms with Gasteiger partial charge in [-0.2, -0.15) is 0 Å². The number of hydrogen-bond donors (Lipinski definition) is 0. The van der Waals surface area contributed by atoms with E-state index in [1.165, 1.54) is 0 Å². The van der Waals surface area contributed by atoms with Gasteiger partial charge in [0.15, 0.2) is 0 Å². The van der Waals surface area contributed by atoms with E-state index in [4.69, 9.17) is 18.3 Å². The first-order valence-corrected chi connectivity index (χ1v) is 5.65. The second kappa shape index (κ2) is 6.93. The van der Waals surface area contributed by atoms with Gasteiger partial charge < -0.3 is 18.3 Å². The van der Waals surface area contributed by atoms with E-state index < -0.39 is 0 Å². The van der Waals surface area contributed by atoms with Crippen molar-refractivity contribution in [3.05, 3.63) is 48.3 Å². The Bertz CT molecular complexity index is 339. The van der Waals surface area contributed by atoms with Crippen molar-refractivity contribution in [2.24, 2.45) is 0 Å². The zero-order valence-electron chi connectivity index (χ0n) is 9.63. The van der Waals surface area contributed by atoms with Crippen LogP contribution >= 0.6 is 0 Å². The van der Waals surface area contributed by atoms with Crippen LogP contribution in [0.3, 0.4) is 0 Å². The fraction of sp³-hybridized carbons (Fsp3) is 0.385. The summed E-state index contributed by atoms with van der Waals surface area (Å²) < 4.78 is 21.1. The molecule has 4 heteroatoms. The highest BCUT2D eigenvalue weighted by Gasteiger charge is 1.97. The Kier molecular flexibility index (Phi) is 4.87. The highest BCUT2D eigenvalue weighted by atomic mass is 16.5. The van der Waals surface area contributed by atoms with Crippen molar-refractivity contribution in [2.75, 3.05) is 13.2 Å². The van der Waals surface area contributed by atoms with Gasteiger partial charge in [-0.25, -0.2) is 0 Å². The molecule has 0 radical (unpaired) electrons. The van der Waals surface area contributed by atoms with Gasteiger partial charge in [-0.05, 0) is 30.7 Å². The minimum atomic E-state index is 0.519. The second-order valence-corrected chi connectivity index (χ2v) is 3.62. The monoisotopic (exact) mass is 236 g/mol. The zero-order valence-corrected chi connectivity index (χ0v) is 9.63. The molecule has 0 aromatic carbocycles. The van der Waals surface area contributed by atoms with E-state index >= 15 is 0 Å². The van der Waals surface area contributed by atoms with Gasteiger partial charge in [-0.3, -0.25) is 0 Å². The summed E-state index contributed by atoms with van der Waals surface area (Å²) in [6.45, 7) is 2.37. The predicted molar refractivity (Wildman–Crippen MR) is 61.3 cm³/mol. The van der Waals surface area contributed by atoms with Gasteiger partial charge in [0.1, 0.15) is 24.7 Å². The molecule has 92 valence electrons. The summed E-state index contributed by atoms with van der Waals surface area (Å²) in [7, 11) is 0. The molecule has 0 spiro atoms. The lowest BCUT2D eigenvalue weighted by molar-refractivity contribution is 0.0581. The molecule has 0 atom stereocenters. The zero-order chi connectivity index (χ0) is 11.8. The molecule has 0 aliphatic rings. The standard InChI is InChI=1S/C13H16O4/c1-4-12(16-8-1)10-14-6-3-7-15-11-13-5-2-9-17-13/h1-2,4-5,8-9H,3,6-7,10-11H2. The van der Waals surface area contributed by atoms with Gasteiger partial charge in [0.05, 0.1) is 12.5 Å². The molecule has 0 unspecified atom stereocenters. The van der Waals surface area contributed by atoms with E-state index in [1.54, 1.807) is 12.5 Å². The Morgan fingerprint density at radius 1 is 0.824 bits per heavy atom. The van der Waals surface area contributed by atoms with E-state index in [2.05, 4.69) is 0 Å². The molecule has 17 heavy (non-hydrogen) atoms. The molecule has 4 nitrogen and oxygen atoms in total. The molecule has 2 heterocycles. The summed E-state index contributed by atoms with van der Waals surface area (Å²) in [6.07, 6.45) is 4.15. The van der Waals surface area contributed by atoms with Crippen molar-refractivity contribution in [2.45, 2.75) is 19.6 Å². The third-order valence-electron chi connectivity index (χ3n) is 2.23. The van der Waals surface area contributed by atoms with Crippen LogP contribution in [0.25, 0.3) is 0 Å². The van der Waals surface area contributed by atoms with Crippen molar-refractivity contribution in [3.8, 4) is 0 Å². The van der Waals surface area contributed by atoms with Gasteiger partial charge in [-0.15, -0.1) is 0 Å². The van der Waals surface area contributed by atoms with Gasteiger partial charge in [-0.1, -0.05) is 0 Å². The van der Waals surface area contributed by atoms with Crippen LogP contribution in [0.2, 0.25) is 0 Å². The lowest BCUT2D eigenvalue weighted by Crippen LogP contribution is -2.00. The third kappa shape index (κ3) is 4.46. The number of furan rings is 2. The van der Waals surface area contributed by atoms with Crippen LogP contribution in [0.15, 0.2) is 45.6 Å². The van der Waals surface area contributed by atoms with E-state index in [9.17, 15) is 0 Å². The normalized spacial score (nSPS) is 10.8. The molecule has 0 N–H and O–H groups in total. The lowest BCUT2D eigenvalue weighted by atomic mass is 10.4. The number of hydrogen-bond acceptors (Lipinski definition) is 4. The molecule has 0 aliphatic carbocycles. The van der Waals surface area contributed by atoms with Gasteiger partial charge in [0, 0.05) is 13.2 Å². The van der Waals surface area contributed by atoms with Crippen LogP contribution in [0.1, 0.15) is 17.9 Å². The quantitative estimate of drug-likeness (QED) is 0.661. The SMILES string of the molecule is c1coc(COCCCOCc2ccco2)c1. The fourth-order valence-corrected chi connectivity index (χ4v) is 1.40. The summed E-state index contributed by atoms with van der Waals surface area (Å²) >= 11 is 0. The average Bonchev–Trinajstić information content (AvgIpc) is 3.00. The molecule has 2 aromatic rings. The molecule has 0 saturated heterocycles. The maximum absolute atomic E-state index is 5.42. The molecule has 0 bridgehead atoms. The predicted octanol–water partition coefficient (Wildman–Crippen LogP) is 3.00. The average molecular weight is 236 g/mol. The van der Waals surface area contributed by atoms with Crippen LogP contribution in [0, 0.1) is 0 Å². The van der Waals surface area contributed by atoms with Crippen molar-refractivity contribution in [3.63, 3.8) is 0 Å². The Labute approximate surface area is 100 Å². The summed E-state index contributed by atoms with van der Waals surface area (Å²) in [4.78, 5) is 0. The molecule has 2 rings (SSSR count). The molecule has 0 fully saturated rings. The Morgan fingerprint density at radius 2 is 1.35 bits per heavy atom. The smallest absolute Gasteiger partial charge is 0.129 e. The van der Waals surface area contributed by atoms with E-state index in [0.29, 0.717) is 26.4 Å². The first kappa shape index (κ1) is 12.0. The first-order chi connectivity index (χ1) is 8.45. The van der Waals surface area contributed by atoms with Gasteiger partial charge in [0.25, 0.3) is 0 Å².